The molecule has 1 aromatic carbocycles. The fraction of sp³-hybridized carbons (Fsp3) is 0.429. The zero-order chi connectivity index (χ0) is 19.4. The second kappa shape index (κ2) is 8.21. The van der Waals surface area contributed by atoms with E-state index in [4.69, 9.17) is 9.47 Å². The van der Waals surface area contributed by atoms with E-state index in [1.165, 1.54) is 0 Å². The SMILES string of the molecule is CCC(CC)Oc1cc(C)nc(Oc2c(C)cc(C(=O)O)cc2C)c1C. The van der Waals surface area contributed by atoms with Crippen molar-refractivity contribution in [2.24, 2.45) is 0 Å². The molecule has 0 radical (unpaired) electrons. The molecule has 1 N–H and O–H groups in total. The number of nitrogens with zero attached hydrogens (tertiary/aromatic N) is 1. The molecular formula is C21H27NO4. The number of benzene rings is 1. The molecule has 5 nitrogen and oxygen atoms in total. The van der Waals surface area contributed by atoms with Gasteiger partial charge in [0, 0.05) is 11.8 Å². The van der Waals surface area contributed by atoms with Crippen molar-refractivity contribution in [3.63, 3.8) is 0 Å². The monoisotopic (exact) mass is 357 g/mol. The summed E-state index contributed by atoms with van der Waals surface area (Å²) in [6.07, 6.45) is 2.02. The largest absolute Gasteiger partial charge is 0.490 e. The zero-order valence-electron chi connectivity index (χ0n) is 16.3. The van der Waals surface area contributed by atoms with Crippen molar-refractivity contribution in [2.75, 3.05) is 0 Å². The molecule has 0 spiro atoms. The van der Waals surface area contributed by atoms with Crippen LogP contribution in [0.1, 0.15) is 59.4 Å². The van der Waals surface area contributed by atoms with Crippen molar-refractivity contribution < 1.29 is 19.4 Å². The fourth-order valence-electron chi connectivity index (χ4n) is 2.87. The van der Waals surface area contributed by atoms with Gasteiger partial charge in [0.2, 0.25) is 5.88 Å². The van der Waals surface area contributed by atoms with Crippen LogP contribution in [0.2, 0.25) is 0 Å². The fourth-order valence-corrected chi connectivity index (χ4v) is 2.87. The lowest BCUT2D eigenvalue weighted by Crippen LogP contribution is -2.15. The Bertz CT molecular complexity index is 787. The van der Waals surface area contributed by atoms with E-state index in [-0.39, 0.29) is 11.7 Å². The second-order valence-corrected chi connectivity index (χ2v) is 6.59. The van der Waals surface area contributed by atoms with Crippen molar-refractivity contribution in [3.05, 3.63) is 46.1 Å². The van der Waals surface area contributed by atoms with Crippen LogP contribution in [0, 0.1) is 27.7 Å². The molecule has 0 amide bonds. The molecule has 0 saturated carbocycles. The van der Waals surface area contributed by atoms with Crippen molar-refractivity contribution in [1.82, 2.24) is 4.98 Å². The number of aryl methyl sites for hydroxylation is 3. The molecule has 2 rings (SSSR count). The molecule has 1 heterocycles. The highest BCUT2D eigenvalue weighted by Gasteiger charge is 2.17. The van der Waals surface area contributed by atoms with Crippen LogP contribution in [-0.4, -0.2) is 22.2 Å². The van der Waals surface area contributed by atoms with Gasteiger partial charge in [-0.15, -0.1) is 0 Å². The van der Waals surface area contributed by atoms with Crippen LogP contribution in [0.3, 0.4) is 0 Å². The number of aromatic nitrogens is 1. The number of hydrogen-bond donors (Lipinski definition) is 1. The maximum Gasteiger partial charge on any atom is 0.335 e. The number of pyridine rings is 1. The van der Waals surface area contributed by atoms with Crippen molar-refractivity contribution in [3.8, 4) is 17.4 Å². The summed E-state index contributed by atoms with van der Waals surface area (Å²) in [6.45, 7) is 11.7. The molecular weight excluding hydrogens is 330 g/mol. The van der Waals surface area contributed by atoms with Crippen LogP contribution in [0.25, 0.3) is 0 Å². The van der Waals surface area contributed by atoms with Crippen molar-refractivity contribution >= 4 is 5.97 Å². The number of carboxylic acid groups (broad SMARTS) is 1. The lowest BCUT2D eigenvalue weighted by Gasteiger charge is -2.20. The van der Waals surface area contributed by atoms with Crippen LogP contribution >= 0.6 is 0 Å². The molecule has 5 heteroatoms. The Morgan fingerprint density at radius 2 is 1.65 bits per heavy atom. The van der Waals surface area contributed by atoms with E-state index in [1.807, 2.05) is 33.8 Å². The molecule has 0 unspecified atom stereocenters. The summed E-state index contributed by atoms with van der Waals surface area (Å²) < 4.78 is 12.2. The Kier molecular flexibility index (Phi) is 6.24. The van der Waals surface area contributed by atoms with Gasteiger partial charge in [0.1, 0.15) is 11.5 Å². The third-order valence-corrected chi connectivity index (χ3v) is 4.42. The number of hydrogen-bond acceptors (Lipinski definition) is 4. The van der Waals surface area contributed by atoms with Crippen LogP contribution in [0.5, 0.6) is 17.4 Å². The standard InChI is InChI=1S/C21H27NO4/c1-7-17(8-2)25-18-11-14(5)22-20(15(18)6)26-19-12(3)9-16(21(23)24)10-13(19)4/h9-11,17H,7-8H2,1-6H3,(H,23,24). The molecule has 0 aliphatic heterocycles. The molecule has 2 aromatic rings. The Balaban J connectivity index is 2.41. The Morgan fingerprint density at radius 1 is 1.08 bits per heavy atom. The maximum absolute atomic E-state index is 11.2. The van der Waals surface area contributed by atoms with Gasteiger partial charge in [-0.2, -0.15) is 0 Å². The van der Waals surface area contributed by atoms with E-state index < -0.39 is 5.97 Å². The highest BCUT2D eigenvalue weighted by molar-refractivity contribution is 5.88. The lowest BCUT2D eigenvalue weighted by molar-refractivity contribution is 0.0696. The Labute approximate surface area is 155 Å². The van der Waals surface area contributed by atoms with Gasteiger partial charge >= 0.3 is 5.97 Å². The van der Waals surface area contributed by atoms with E-state index in [9.17, 15) is 9.90 Å². The first-order valence-electron chi connectivity index (χ1n) is 8.94. The topological polar surface area (TPSA) is 68.7 Å². The first-order chi connectivity index (χ1) is 12.3. The summed E-state index contributed by atoms with van der Waals surface area (Å²) in [7, 11) is 0. The van der Waals surface area contributed by atoms with E-state index in [1.54, 1.807) is 12.1 Å². The third kappa shape index (κ3) is 4.34. The molecule has 0 aliphatic carbocycles. The van der Waals surface area contributed by atoms with Crippen LogP contribution in [0.15, 0.2) is 18.2 Å². The smallest absolute Gasteiger partial charge is 0.335 e. The summed E-state index contributed by atoms with van der Waals surface area (Å²) in [5, 5.41) is 9.19. The lowest BCUT2D eigenvalue weighted by atomic mass is 10.1. The summed E-state index contributed by atoms with van der Waals surface area (Å²) in [5.41, 5.74) is 3.41. The number of carbonyl (C=O) groups is 1. The molecule has 1 aromatic heterocycles. The molecule has 0 bridgehead atoms. The van der Waals surface area contributed by atoms with Gasteiger partial charge in [-0.25, -0.2) is 9.78 Å². The van der Waals surface area contributed by atoms with Crippen molar-refractivity contribution in [1.29, 1.82) is 0 Å². The Morgan fingerprint density at radius 3 is 2.15 bits per heavy atom. The summed E-state index contributed by atoms with van der Waals surface area (Å²) >= 11 is 0. The van der Waals surface area contributed by atoms with E-state index in [0.29, 0.717) is 11.6 Å². The van der Waals surface area contributed by atoms with Gasteiger partial charge in [-0.3, -0.25) is 0 Å². The van der Waals surface area contributed by atoms with Crippen LogP contribution < -0.4 is 9.47 Å². The minimum atomic E-state index is -0.950. The predicted octanol–water partition coefficient (Wildman–Crippen LogP) is 5.37. The normalized spacial score (nSPS) is 10.9. The number of ether oxygens (including phenoxy) is 2. The summed E-state index contributed by atoms with van der Waals surface area (Å²) in [4.78, 5) is 15.7. The van der Waals surface area contributed by atoms with Crippen LogP contribution in [-0.2, 0) is 0 Å². The third-order valence-electron chi connectivity index (χ3n) is 4.42. The summed E-state index contributed by atoms with van der Waals surface area (Å²) in [6, 6.07) is 5.14. The van der Waals surface area contributed by atoms with Crippen LogP contribution in [0.4, 0.5) is 0 Å². The predicted molar refractivity (Wildman–Crippen MR) is 102 cm³/mol. The van der Waals surface area contributed by atoms with E-state index in [0.717, 1.165) is 41.0 Å². The second-order valence-electron chi connectivity index (χ2n) is 6.59. The highest BCUT2D eigenvalue weighted by atomic mass is 16.5. The number of aromatic carboxylic acids is 1. The first-order valence-corrected chi connectivity index (χ1v) is 8.94. The van der Waals surface area contributed by atoms with E-state index >= 15 is 0 Å². The van der Waals surface area contributed by atoms with Gasteiger partial charge in [0.05, 0.1) is 17.2 Å². The van der Waals surface area contributed by atoms with Crippen molar-refractivity contribution in [2.45, 2.75) is 60.5 Å². The van der Waals surface area contributed by atoms with Gasteiger partial charge < -0.3 is 14.6 Å². The van der Waals surface area contributed by atoms with Gasteiger partial charge in [-0.1, -0.05) is 13.8 Å². The van der Waals surface area contributed by atoms with Gasteiger partial charge in [0.15, 0.2) is 0 Å². The average Bonchev–Trinajstić information content (AvgIpc) is 2.58. The molecule has 140 valence electrons. The molecule has 0 fully saturated rings. The van der Waals surface area contributed by atoms with Gasteiger partial charge in [-0.05, 0) is 63.8 Å². The molecule has 26 heavy (non-hydrogen) atoms. The number of rotatable bonds is 7. The maximum atomic E-state index is 11.2. The highest BCUT2D eigenvalue weighted by Crippen LogP contribution is 2.34. The number of carboxylic acids is 1. The molecule has 0 atom stereocenters. The molecule has 0 aliphatic rings. The first kappa shape index (κ1) is 19.8. The quantitative estimate of drug-likeness (QED) is 0.721. The minimum absolute atomic E-state index is 0.154. The average molecular weight is 357 g/mol. The van der Waals surface area contributed by atoms with E-state index in [2.05, 4.69) is 18.8 Å². The summed E-state index contributed by atoms with van der Waals surface area (Å²) in [5.74, 6) is 0.942. The minimum Gasteiger partial charge on any atom is -0.490 e. The Hall–Kier alpha value is -2.56. The van der Waals surface area contributed by atoms with Gasteiger partial charge in [0.25, 0.3) is 0 Å². The zero-order valence-corrected chi connectivity index (χ0v) is 16.3. The molecule has 0 saturated heterocycles.